The van der Waals surface area contributed by atoms with Gasteiger partial charge < -0.3 is 10.3 Å². The van der Waals surface area contributed by atoms with Crippen LogP contribution in [0.25, 0.3) is 0 Å². The molecule has 0 aliphatic heterocycles. The van der Waals surface area contributed by atoms with E-state index in [2.05, 4.69) is 29.5 Å². The van der Waals surface area contributed by atoms with Crippen molar-refractivity contribution < 1.29 is 0 Å². The van der Waals surface area contributed by atoms with Crippen LogP contribution in [0.3, 0.4) is 0 Å². The molecule has 1 fully saturated rings. The largest absolute Gasteiger partial charge is 0.367 e. The van der Waals surface area contributed by atoms with E-state index in [4.69, 9.17) is 0 Å². The summed E-state index contributed by atoms with van der Waals surface area (Å²) in [5, 5.41) is 3.57. The first-order chi connectivity index (χ1) is 6.36. The zero-order valence-electron chi connectivity index (χ0n) is 8.22. The fraction of sp³-hybridized carbons (Fsp3) is 0.636. The second-order valence-corrected chi connectivity index (χ2v) is 4.08. The Bertz CT molecular complexity index is 237. The van der Waals surface area contributed by atoms with Gasteiger partial charge in [0.1, 0.15) is 0 Å². The van der Waals surface area contributed by atoms with E-state index < -0.39 is 0 Å². The molecule has 2 N–H and O–H groups in total. The molecule has 1 heterocycles. The highest BCUT2D eigenvalue weighted by atomic mass is 14.9. The van der Waals surface area contributed by atoms with Crippen molar-refractivity contribution in [3.05, 3.63) is 24.0 Å². The number of hydrogen-bond acceptors (Lipinski definition) is 1. The molecular formula is C11H18N2. The van der Waals surface area contributed by atoms with E-state index in [0.717, 1.165) is 12.5 Å². The van der Waals surface area contributed by atoms with E-state index in [1.54, 1.807) is 0 Å². The predicted molar refractivity (Wildman–Crippen MR) is 54.4 cm³/mol. The Kier molecular flexibility index (Phi) is 2.69. The van der Waals surface area contributed by atoms with Gasteiger partial charge in [0.15, 0.2) is 0 Å². The minimum absolute atomic E-state index is 0.684. The Balaban J connectivity index is 1.72. The SMILES string of the molecule is CC(NCc1cc[nH]c1)C1CCC1. The summed E-state index contributed by atoms with van der Waals surface area (Å²) in [6, 6.07) is 2.81. The molecular weight excluding hydrogens is 160 g/mol. The van der Waals surface area contributed by atoms with E-state index in [1.807, 2.05) is 6.20 Å². The third kappa shape index (κ3) is 2.13. The Morgan fingerprint density at radius 2 is 2.46 bits per heavy atom. The highest BCUT2D eigenvalue weighted by molar-refractivity contribution is 5.07. The maximum absolute atomic E-state index is 3.57. The highest BCUT2D eigenvalue weighted by Gasteiger charge is 2.23. The number of H-pyrrole nitrogens is 1. The molecule has 1 aromatic rings. The standard InChI is InChI=1S/C11H18N2/c1-9(11-3-2-4-11)13-8-10-5-6-12-7-10/h5-7,9,11-13H,2-4,8H2,1H3. The van der Waals surface area contributed by atoms with Gasteiger partial charge in [-0.05, 0) is 37.3 Å². The molecule has 2 nitrogen and oxygen atoms in total. The molecule has 0 amide bonds. The topological polar surface area (TPSA) is 27.8 Å². The van der Waals surface area contributed by atoms with Crippen molar-refractivity contribution in [1.82, 2.24) is 10.3 Å². The van der Waals surface area contributed by atoms with E-state index in [9.17, 15) is 0 Å². The number of aromatic nitrogens is 1. The van der Waals surface area contributed by atoms with Crippen LogP contribution in [-0.2, 0) is 6.54 Å². The average molecular weight is 178 g/mol. The zero-order valence-corrected chi connectivity index (χ0v) is 8.22. The first-order valence-electron chi connectivity index (χ1n) is 5.21. The fourth-order valence-corrected chi connectivity index (χ4v) is 1.85. The number of rotatable bonds is 4. The van der Waals surface area contributed by atoms with Crippen LogP contribution in [0.1, 0.15) is 31.7 Å². The lowest BCUT2D eigenvalue weighted by Gasteiger charge is -2.32. The molecule has 13 heavy (non-hydrogen) atoms. The van der Waals surface area contributed by atoms with Crippen LogP contribution in [0.2, 0.25) is 0 Å². The second-order valence-electron chi connectivity index (χ2n) is 4.08. The molecule has 1 aliphatic rings. The first-order valence-corrected chi connectivity index (χ1v) is 5.21. The van der Waals surface area contributed by atoms with E-state index in [-0.39, 0.29) is 0 Å². The van der Waals surface area contributed by atoms with Crippen LogP contribution < -0.4 is 5.32 Å². The normalized spacial score (nSPS) is 19.8. The van der Waals surface area contributed by atoms with Crippen LogP contribution >= 0.6 is 0 Å². The summed E-state index contributed by atoms with van der Waals surface area (Å²) >= 11 is 0. The summed E-state index contributed by atoms with van der Waals surface area (Å²) in [7, 11) is 0. The third-order valence-corrected chi connectivity index (χ3v) is 3.15. The second kappa shape index (κ2) is 3.97. The molecule has 0 spiro atoms. The lowest BCUT2D eigenvalue weighted by molar-refractivity contribution is 0.240. The first kappa shape index (κ1) is 8.82. The van der Waals surface area contributed by atoms with Crippen LogP contribution in [0.5, 0.6) is 0 Å². The molecule has 1 atom stereocenters. The van der Waals surface area contributed by atoms with Gasteiger partial charge in [0.05, 0.1) is 0 Å². The van der Waals surface area contributed by atoms with Crippen molar-refractivity contribution in [3.8, 4) is 0 Å². The van der Waals surface area contributed by atoms with Gasteiger partial charge in [-0.2, -0.15) is 0 Å². The number of nitrogens with one attached hydrogen (secondary N) is 2. The quantitative estimate of drug-likeness (QED) is 0.727. The van der Waals surface area contributed by atoms with Crippen molar-refractivity contribution in [2.24, 2.45) is 5.92 Å². The molecule has 2 heteroatoms. The average Bonchev–Trinajstić information content (AvgIpc) is 2.49. The van der Waals surface area contributed by atoms with E-state index >= 15 is 0 Å². The molecule has 1 saturated carbocycles. The maximum atomic E-state index is 3.57. The summed E-state index contributed by atoms with van der Waals surface area (Å²) in [4.78, 5) is 3.07. The van der Waals surface area contributed by atoms with Crippen molar-refractivity contribution in [2.45, 2.75) is 38.8 Å². The molecule has 1 aliphatic carbocycles. The zero-order chi connectivity index (χ0) is 9.10. The number of aromatic amines is 1. The van der Waals surface area contributed by atoms with Crippen LogP contribution in [0.4, 0.5) is 0 Å². The van der Waals surface area contributed by atoms with Gasteiger partial charge in [0.25, 0.3) is 0 Å². The van der Waals surface area contributed by atoms with Gasteiger partial charge in [-0.1, -0.05) is 6.42 Å². The molecule has 72 valence electrons. The Hall–Kier alpha value is -0.760. The van der Waals surface area contributed by atoms with Gasteiger partial charge in [0, 0.05) is 25.0 Å². The van der Waals surface area contributed by atoms with E-state index in [1.165, 1.54) is 24.8 Å². The lowest BCUT2D eigenvalue weighted by atomic mass is 9.80. The third-order valence-electron chi connectivity index (χ3n) is 3.15. The van der Waals surface area contributed by atoms with Crippen molar-refractivity contribution in [3.63, 3.8) is 0 Å². The maximum Gasteiger partial charge on any atom is 0.0223 e. The van der Waals surface area contributed by atoms with Crippen LogP contribution in [0.15, 0.2) is 18.5 Å². The van der Waals surface area contributed by atoms with Gasteiger partial charge >= 0.3 is 0 Å². The predicted octanol–water partition coefficient (Wildman–Crippen LogP) is 2.29. The molecule has 0 radical (unpaired) electrons. The summed E-state index contributed by atoms with van der Waals surface area (Å²) < 4.78 is 0. The van der Waals surface area contributed by atoms with Crippen molar-refractivity contribution in [2.75, 3.05) is 0 Å². The Morgan fingerprint density at radius 1 is 1.62 bits per heavy atom. The van der Waals surface area contributed by atoms with Crippen LogP contribution in [-0.4, -0.2) is 11.0 Å². The lowest BCUT2D eigenvalue weighted by Crippen LogP contribution is -2.36. The van der Waals surface area contributed by atoms with Crippen molar-refractivity contribution >= 4 is 0 Å². The molecule has 0 bridgehead atoms. The fourth-order valence-electron chi connectivity index (χ4n) is 1.85. The summed E-state index contributed by atoms with van der Waals surface area (Å²) in [6.45, 7) is 3.30. The number of hydrogen-bond donors (Lipinski definition) is 2. The monoisotopic (exact) mass is 178 g/mol. The highest BCUT2D eigenvalue weighted by Crippen LogP contribution is 2.29. The molecule has 0 aromatic carbocycles. The van der Waals surface area contributed by atoms with E-state index in [0.29, 0.717) is 6.04 Å². The summed E-state index contributed by atoms with van der Waals surface area (Å²) in [5.41, 5.74) is 1.35. The van der Waals surface area contributed by atoms with Crippen LogP contribution in [0, 0.1) is 5.92 Å². The molecule has 1 unspecified atom stereocenters. The molecule has 1 aromatic heterocycles. The van der Waals surface area contributed by atoms with Gasteiger partial charge in [-0.3, -0.25) is 0 Å². The molecule has 2 rings (SSSR count). The minimum atomic E-state index is 0.684. The van der Waals surface area contributed by atoms with Gasteiger partial charge in [-0.25, -0.2) is 0 Å². The minimum Gasteiger partial charge on any atom is -0.367 e. The Morgan fingerprint density at radius 3 is 3.00 bits per heavy atom. The van der Waals surface area contributed by atoms with Crippen molar-refractivity contribution in [1.29, 1.82) is 0 Å². The van der Waals surface area contributed by atoms with Gasteiger partial charge in [0.2, 0.25) is 0 Å². The molecule has 0 saturated heterocycles. The Labute approximate surface area is 79.7 Å². The van der Waals surface area contributed by atoms with Gasteiger partial charge in [-0.15, -0.1) is 0 Å². The summed E-state index contributed by atoms with van der Waals surface area (Å²) in [6.07, 6.45) is 8.30. The summed E-state index contributed by atoms with van der Waals surface area (Å²) in [5.74, 6) is 0.930. The smallest absolute Gasteiger partial charge is 0.0223 e.